The van der Waals surface area contributed by atoms with Gasteiger partial charge in [-0.2, -0.15) is 0 Å². The standard InChI is InChI=1S/C10H18N2O2/c1-9(2)8-13-6-5-11-7-10-3-4-12-14-10/h3-4,9,11H,5-8H2,1-2H3. The summed E-state index contributed by atoms with van der Waals surface area (Å²) in [4.78, 5) is 0. The molecule has 0 amide bonds. The first kappa shape index (κ1) is 11.2. The monoisotopic (exact) mass is 198 g/mol. The van der Waals surface area contributed by atoms with Crippen molar-refractivity contribution in [3.8, 4) is 0 Å². The zero-order valence-corrected chi connectivity index (χ0v) is 8.82. The van der Waals surface area contributed by atoms with Gasteiger partial charge in [0, 0.05) is 19.2 Å². The van der Waals surface area contributed by atoms with E-state index in [0.717, 1.165) is 25.5 Å². The minimum absolute atomic E-state index is 0.601. The van der Waals surface area contributed by atoms with Crippen LogP contribution in [0.25, 0.3) is 0 Å². The van der Waals surface area contributed by atoms with E-state index in [1.165, 1.54) is 0 Å². The molecule has 0 unspecified atom stereocenters. The molecule has 1 rings (SSSR count). The minimum Gasteiger partial charge on any atom is -0.380 e. The molecule has 0 radical (unpaired) electrons. The minimum atomic E-state index is 0.601. The summed E-state index contributed by atoms with van der Waals surface area (Å²) >= 11 is 0. The molecule has 0 aliphatic carbocycles. The van der Waals surface area contributed by atoms with E-state index in [9.17, 15) is 0 Å². The molecule has 0 aromatic carbocycles. The van der Waals surface area contributed by atoms with Gasteiger partial charge in [0.1, 0.15) is 5.76 Å². The molecule has 0 atom stereocenters. The van der Waals surface area contributed by atoms with E-state index in [4.69, 9.17) is 9.26 Å². The van der Waals surface area contributed by atoms with Crippen LogP contribution in [0.1, 0.15) is 19.6 Å². The van der Waals surface area contributed by atoms with Gasteiger partial charge in [0.15, 0.2) is 0 Å². The molecule has 0 aliphatic rings. The van der Waals surface area contributed by atoms with Crippen LogP contribution in [0.15, 0.2) is 16.8 Å². The van der Waals surface area contributed by atoms with Crippen molar-refractivity contribution in [1.82, 2.24) is 10.5 Å². The number of hydrogen-bond donors (Lipinski definition) is 1. The maximum Gasteiger partial charge on any atom is 0.150 e. The van der Waals surface area contributed by atoms with Gasteiger partial charge in [0.05, 0.1) is 19.3 Å². The molecule has 0 spiro atoms. The third kappa shape index (κ3) is 4.99. The van der Waals surface area contributed by atoms with Gasteiger partial charge in [0.2, 0.25) is 0 Å². The Balaban J connectivity index is 1.90. The van der Waals surface area contributed by atoms with E-state index < -0.39 is 0 Å². The van der Waals surface area contributed by atoms with Crippen molar-refractivity contribution in [2.24, 2.45) is 5.92 Å². The molecule has 0 saturated carbocycles. The smallest absolute Gasteiger partial charge is 0.150 e. The Morgan fingerprint density at radius 2 is 2.43 bits per heavy atom. The number of aromatic nitrogens is 1. The lowest BCUT2D eigenvalue weighted by Crippen LogP contribution is -2.19. The lowest BCUT2D eigenvalue weighted by molar-refractivity contribution is 0.111. The molecule has 0 fully saturated rings. The number of hydrogen-bond acceptors (Lipinski definition) is 4. The Morgan fingerprint density at radius 1 is 1.57 bits per heavy atom. The second-order valence-corrected chi connectivity index (χ2v) is 3.62. The predicted molar refractivity (Wildman–Crippen MR) is 53.9 cm³/mol. The molecule has 4 heteroatoms. The van der Waals surface area contributed by atoms with E-state index in [2.05, 4.69) is 24.3 Å². The van der Waals surface area contributed by atoms with Crippen molar-refractivity contribution in [3.05, 3.63) is 18.0 Å². The van der Waals surface area contributed by atoms with Gasteiger partial charge in [-0.05, 0) is 5.92 Å². The summed E-state index contributed by atoms with van der Waals surface area (Å²) in [5, 5.41) is 6.82. The fourth-order valence-corrected chi connectivity index (χ4v) is 1.01. The van der Waals surface area contributed by atoms with Crippen molar-refractivity contribution in [2.75, 3.05) is 19.8 Å². The van der Waals surface area contributed by atoms with Gasteiger partial charge >= 0.3 is 0 Å². The first-order valence-electron chi connectivity index (χ1n) is 4.97. The maximum absolute atomic E-state index is 5.41. The van der Waals surface area contributed by atoms with Gasteiger partial charge in [0.25, 0.3) is 0 Å². The van der Waals surface area contributed by atoms with Crippen LogP contribution in [-0.4, -0.2) is 24.9 Å². The molecule has 0 bridgehead atoms. The predicted octanol–water partition coefficient (Wildman–Crippen LogP) is 1.44. The summed E-state index contributed by atoms with van der Waals surface area (Å²) in [7, 11) is 0. The average molecular weight is 198 g/mol. The summed E-state index contributed by atoms with van der Waals surface area (Å²) in [5.41, 5.74) is 0. The molecular weight excluding hydrogens is 180 g/mol. The average Bonchev–Trinajstić information content (AvgIpc) is 2.63. The first-order valence-corrected chi connectivity index (χ1v) is 4.97. The molecule has 0 aliphatic heterocycles. The second-order valence-electron chi connectivity index (χ2n) is 3.62. The molecule has 1 N–H and O–H groups in total. The SMILES string of the molecule is CC(C)COCCNCc1ccno1. The van der Waals surface area contributed by atoms with Gasteiger partial charge in [-0.1, -0.05) is 19.0 Å². The van der Waals surface area contributed by atoms with E-state index in [1.807, 2.05) is 6.07 Å². The van der Waals surface area contributed by atoms with Gasteiger partial charge < -0.3 is 14.6 Å². The number of rotatable bonds is 7. The number of nitrogens with one attached hydrogen (secondary N) is 1. The Kier molecular flexibility index (Phi) is 5.25. The summed E-state index contributed by atoms with van der Waals surface area (Å²) in [6.45, 7) is 7.40. The highest BCUT2D eigenvalue weighted by atomic mass is 16.5. The van der Waals surface area contributed by atoms with Crippen LogP contribution in [0.3, 0.4) is 0 Å². The first-order chi connectivity index (χ1) is 6.79. The van der Waals surface area contributed by atoms with Crippen molar-refractivity contribution >= 4 is 0 Å². The lowest BCUT2D eigenvalue weighted by Gasteiger charge is -2.06. The van der Waals surface area contributed by atoms with Crippen molar-refractivity contribution < 1.29 is 9.26 Å². The molecule has 4 nitrogen and oxygen atoms in total. The van der Waals surface area contributed by atoms with Crippen LogP contribution < -0.4 is 5.32 Å². The quantitative estimate of drug-likeness (QED) is 0.673. The zero-order chi connectivity index (χ0) is 10.2. The third-order valence-corrected chi connectivity index (χ3v) is 1.66. The lowest BCUT2D eigenvalue weighted by atomic mass is 10.2. The van der Waals surface area contributed by atoms with Crippen molar-refractivity contribution in [1.29, 1.82) is 0 Å². The Labute approximate surface area is 84.6 Å². The Hall–Kier alpha value is -0.870. The van der Waals surface area contributed by atoms with E-state index in [1.54, 1.807) is 6.20 Å². The van der Waals surface area contributed by atoms with Crippen LogP contribution in [0.5, 0.6) is 0 Å². The largest absolute Gasteiger partial charge is 0.380 e. The number of ether oxygens (including phenoxy) is 1. The third-order valence-electron chi connectivity index (χ3n) is 1.66. The van der Waals surface area contributed by atoms with Gasteiger partial charge in [-0.3, -0.25) is 0 Å². The van der Waals surface area contributed by atoms with Gasteiger partial charge in [-0.15, -0.1) is 0 Å². The van der Waals surface area contributed by atoms with Crippen molar-refractivity contribution in [2.45, 2.75) is 20.4 Å². The Bertz CT molecular complexity index is 222. The van der Waals surface area contributed by atoms with Gasteiger partial charge in [-0.25, -0.2) is 0 Å². The highest BCUT2D eigenvalue weighted by Gasteiger charge is 1.96. The summed E-state index contributed by atoms with van der Waals surface area (Å²) in [5.74, 6) is 1.46. The van der Waals surface area contributed by atoms with E-state index in [0.29, 0.717) is 12.5 Å². The van der Waals surface area contributed by atoms with E-state index in [-0.39, 0.29) is 0 Å². The fourth-order valence-electron chi connectivity index (χ4n) is 1.01. The van der Waals surface area contributed by atoms with Crippen LogP contribution in [0.4, 0.5) is 0 Å². The zero-order valence-electron chi connectivity index (χ0n) is 8.82. The maximum atomic E-state index is 5.41. The second kappa shape index (κ2) is 6.56. The molecule has 1 heterocycles. The summed E-state index contributed by atoms with van der Waals surface area (Å²) in [6, 6.07) is 1.85. The Morgan fingerprint density at radius 3 is 3.07 bits per heavy atom. The summed E-state index contributed by atoms with van der Waals surface area (Å²) in [6.07, 6.45) is 1.65. The van der Waals surface area contributed by atoms with Crippen molar-refractivity contribution in [3.63, 3.8) is 0 Å². The fraction of sp³-hybridized carbons (Fsp3) is 0.700. The summed E-state index contributed by atoms with van der Waals surface area (Å²) < 4.78 is 10.3. The molecule has 80 valence electrons. The highest BCUT2D eigenvalue weighted by molar-refractivity contribution is 4.91. The molecule has 1 aromatic rings. The molecular formula is C10H18N2O2. The molecule has 14 heavy (non-hydrogen) atoms. The molecule has 1 aromatic heterocycles. The normalized spacial score (nSPS) is 11.1. The van der Waals surface area contributed by atoms with Crippen LogP contribution in [0, 0.1) is 5.92 Å². The van der Waals surface area contributed by atoms with E-state index >= 15 is 0 Å². The van der Waals surface area contributed by atoms with Crippen LogP contribution in [0.2, 0.25) is 0 Å². The number of nitrogens with zero attached hydrogens (tertiary/aromatic N) is 1. The van der Waals surface area contributed by atoms with Crippen LogP contribution >= 0.6 is 0 Å². The highest BCUT2D eigenvalue weighted by Crippen LogP contribution is 1.94. The van der Waals surface area contributed by atoms with Crippen LogP contribution in [-0.2, 0) is 11.3 Å². The topological polar surface area (TPSA) is 47.3 Å². The molecule has 0 saturated heterocycles.